The van der Waals surface area contributed by atoms with Crippen LogP contribution in [0.1, 0.15) is 61.3 Å². The first kappa shape index (κ1) is 16.6. The van der Waals surface area contributed by atoms with Crippen LogP contribution in [-0.4, -0.2) is 22.2 Å². The number of aliphatic hydroxyl groups excluding tert-OH is 1. The molecular formula is C18H21FN2O3. The van der Waals surface area contributed by atoms with Gasteiger partial charge < -0.3 is 14.9 Å². The van der Waals surface area contributed by atoms with Gasteiger partial charge in [-0.15, -0.1) is 0 Å². The number of benzene rings is 1. The van der Waals surface area contributed by atoms with Crippen LogP contribution in [0.5, 0.6) is 0 Å². The van der Waals surface area contributed by atoms with E-state index in [0.29, 0.717) is 11.3 Å². The molecule has 0 bridgehead atoms. The van der Waals surface area contributed by atoms with Crippen molar-refractivity contribution in [1.82, 2.24) is 10.5 Å². The van der Waals surface area contributed by atoms with Gasteiger partial charge in [-0.25, -0.2) is 4.39 Å². The number of carbonyl (C=O) groups is 1. The maximum atomic E-state index is 13.1. The summed E-state index contributed by atoms with van der Waals surface area (Å²) in [5.41, 5.74) is 1.11. The summed E-state index contributed by atoms with van der Waals surface area (Å²) in [5.74, 6) is -0.549. The Morgan fingerprint density at radius 2 is 1.96 bits per heavy atom. The molecule has 3 rings (SSSR count). The Morgan fingerprint density at radius 3 is 2.58 bits per heavy atom. The number of halogens is 1. The average molecular weight is 332 g/mol. The fourth-order valence-electron chi connectivity index (χ4n) is 3.12. The van der Waals surface area contributed by atoms with Crippen molar-refractivity contribution < 1.29 is 18.8 Å². The maximum absolute atomic E-state index is 13.1. The number of rotatable bonds is 4. The highest BCUT2D eigenvalue weighted by atomic mass is 19.1. The van der Waals surface area contributed by atoms with Crippen molar-refractivity contribution >= 4 is 5.91 Å². The van der Waals surface area contributed by atoms with Gasteiger partial charge in [0.25, 0.3) is 5.91 Å². The van der Waals surface area contributed by atoms with Crippen molar-refractivity contribution in [3.63, 3.8) is 0 Å². The standard InChI is InChI=1S/C18H21FN2O3/c1-11(22)17-15(18(23)20-14-5-3-2-4-6-14)16(21-24-17)12-7-9-13(19)10-8-12/h7-11,14,22H,2-6H2,1H3,(H,20,23). The summed E-state index contributed by atoms with van der Waals surface area (Å²) in [7, 11) is 0. The van der Waals surface area contributed by atoms with Gasteiger partial charge in [0.1, 0.15) is 23.2 Å². The maximum Gasteiger partial charge on any atom is 0.257 e. The Morgan fingerprint density at radius 1 is 1.29 bits per heavy atom. The molecule has 128 valence electrons. The second-order valence-electron chi connectivity index (χ2n) is 6.26. The molecule has 1 aliphatic carbocycles. The number of aromatic nitrogens is 1. The zero-order valence-electron chi connectivity index (χ0n) is 13.6. The lowest BCUT2D eigenvalue weighted by atomic mass is 9.95. The third-order valence-corrected chi connectivity index (χ3v) is 4.38. The van der Waals surface area contributed by atoms with Gasteiger partial charge in [0.05, 0.1) is 0 Å². The first-order valence-electron chi connectivity index (χ1n) is 8.30. The monoisotopic (exact) mass is 332 g/mol. The van der Waals surface area contributed by atoms with Crippen molar-refractivity contribution in [3.8, 4) is 11.3 Å². The van der Waals surface area contributed by atoms with E-state index >= 15 is 0 Å². The van der Waals surface area contributed by atoms with Gasteiger partial charge >= 0.3 is 0 Å². The van der Waals surface area contributed by atoms with E-state index in [9.17, 15) is 14.3 Å². The van der Waals surface area contributed by atoms with Crippen LogP contribution < -0.4 is 5.32 Å². The topological polar surface area (TPSA) is 75.4 Å². The molecule has 1 atom stereocenters. The smallest absolute Gasteiger partial charge is 0.257 e. The lowest BCUT2D eigenvalue weighted by molar-refractivity contribution is 0.0915. The van der Waals surface area contributed by atoms with Gasteiger partial charge in [-0.1, -0.05) is 24.4 Å². The minimum Gasteiger partial charge on any atom is -0.385 e. The molecule has 0 saturated heterocycles. The normalized spacial score (nSPS) is 16.8. The predicted octanol–water partition coefficient (Wildman–Crippen LogP) is 3.60. The Kier molecular flexibility index (Phi) is 4.94. The number of hydrogen-bond acceptors (Lipinski definition) is 4. The number of aliphatic hydroxyl groups is 1. The van der Waals surface area contributed by atoms with Gasteiger partial charge in [0, 0.05) is 11.6 Å². The molecule has 1 heterocycles. The van der Waals surface area contributed by atoms with Crippen LogP contribution in [0.15, 0.2) is 28.8 Å². The molecule has 6 heteroatoms. The van der Waals surface area contributed by atoms with Crippen LogP contribution in [0, 0.1) is 5.82 Å². The van der Waals surface area contributed by atoms with Crippen LogP contribution in [-0.2, 0) is 0 Å². The van der Waals surface area contributed by atoms with Gasteiger partial charge in [-0.05, 0) is 44.0 Å². The van der Waals surface area contributed by atoms with Crippen LogP contribution in [0.2, 0.25) is 0 Å². The molecule has 1 aromatic heterocycles. The summed E-state index contributed by atoms with van der Waals surface area (Å²) in [6, 6.07) is 5.81. The molecule has 0 aliphatic heterocycles. The Bertz CT molecular complexity index is 704. The fourth-order valence-corrected chi connectivity index (χ4v) is 3.12. The van der Waals surface area contributed by atoms with Crippen molar-refractivity contribution in [2.75, 3.05) is 0 Å². The van der Waals surface area contributed by atoms with Crippen LogP contribution in [0.25, 0.3) is 11.3 Å². The van der Waals surface area contributed by atoms with E-state index in [4.69, 9.17) is 4.52 Å². The molecule has 1 aromatic carbocycles. The second-order valence-corrected chi connectivity index (χ2v) is 6.26. The molecule has 2 N–H and O–H groups in total. The summed E-state index contributed by atoms with van der Waals surface area (Å²) in [5, 5.41) is 16.8. The third kappa shape index (κ3) is 3.48. The molecule has 1 saturated carbocycles. The van der Waals surface area contributed by atoms with E-state index in [0.717, 1.165) is 25.7 Å². The first-order chi connectivity index (χ1) is 11.6. The molecule has 2 aromatic rings. The summed E-state index contributed by atoms with van der Waals surface area (Å²) < 4.78 is 18.3. The minimum absolute atomic E-state index is 0.127. The van der Waals surface area contributed by atoms with Crippen molar-refractivity contribution in [2.45, 2.75) is 51.2 Å². The van der Waals surface area contributed by atoms with Crippen molar-refractivity contribution in [2.24, 2.45) is 0 Å². The van der Waals surface area contributed by atoms with Crippen molar-refractivity contribution in [1.29, 1.82) is 0 Å². The predicted molar refractivity (Wildman–Crippen MR) is 86.9 cm³/mol. The molecule has 0 spiro atoms. The molecule has 1 unspecified atom stereocenters. The minimum atomic E-state index is -0.959. The quantitative estimate of drug-likeness (QED) is 0.897. The van der Waals surface area contributed by atoms with E-state index in [1.807, 2.05) is 0 Å². The summed E-state index contributed by atoms with van der Waals surface area (Å²) in [4.78, 5) is 12.8. The Labute approximate surface area is 139 Å². The molecule has 24 heavy (non-hydrogen) atoms. The van der Waals surface area contributed by atoms with E-state index in [1.54, 1.807) is 0 Å². The Hall–Kier alpha value is -2.21. The fraction of sp³-hybridized carbons (Fsp3) is 0.444. The summed E-state index contributed by atoms with van der Waals surface area (Å²) in [6.07, 6.45) is 4.34. The second kappa shape index (κ2) is 7.13. The summed E-state index contributed by atoms with van der Waals surface area (Å²) >= 11 is 0. The van der Waals surface area contributed by atoms with Crippen molar-refractivity contribution in [3.05, 3.63) is 41.4 Å². The van der Waals surface area contributed by atoms with Gasteiger partial charge in [-0.3, -0.25) is 4.79 Å². The number of amides is 1. The first-order valence-corrected chi connectivity index (χ1v) is 8.30. The number of nitrogens with zero attached hydrogens (tertiary/aromatic N) is 1. The molecule has 1 aliphatic rings. The lowest BCUT2D eigenvalue weighted by Gasteiger charge is -2.22. The van der Waals surface area contributed by atoms with Gasteiger partial charge in [-0.2, -0.15) is 0 Å². The zero-order valence-corrected chi connectivity index (χ0v) is 13.6. The number of hydrogen-bond donors (Lipinski definition) is 2. The number of nitrogens with one attached hydrogen (secondary N) is 1. The zero-order chi connectivity index (χ0) is 17.1. The Balaban J connectivity index is 1.93. The highest BCUT2D eigenvalue weighted by Crippen LogP contribution is 2.30. The molecular weight excluding hydrogens is 311 g/mol. The van der Waals surface area contributed by atoms with E-state index in [-0.39, 0.29) is 29.1 Å². The number of carbonyl (C=O) groups excluding carboxylic acids is 1. The van der Waals surface area contributed by atoms with E-state index in [1.165, 1.54) is 37.6 Å². The largest absolute Gasteiger partial charge is 0.385 e. The molecule has 0 radical (unpaired) electrons. The van der Waals surface area contributed by atoms with E-state index in [2.05, 4.69) is 10.5 Å². The lowest BCUT2D eigenvalue weighted by Crippen LogP contribution is -2.36. The molecule has 1 fully saturated rings. The van der Waals surface area contributed by atoms with Gasteiger partial charge in [0.2, 0.25) is 0 Å². The van der Waals surface area contributed by atoms with E-state index < -0.39 is 6.10 Å². The van der Waals surface area contributed by atoms with Crippen LogP contribution in [0.3, 0.4) is 0 Å². The molecule has 5 nitrogen and oxygen atoms in total. The van der Waals surface area contributed by atoms with Crippen LogP contribution >= 0.6 is 0 Å². The van der Waals surface area contributed by atoms with Gasteiger partial charge in [0.15, 0.2) is 5.76 Å². The molecule has 1 amide bonds. The van der Waals surface area contributed by atoms with Crippen LogP contribution in [0.4, 0.5) is 4.39 Å². The highest BCUT2D eigenvalue weighted by Gasteiger charge is 2.28. The third-order valence-electron chi connectivity index (χ3n) is 4.38. The summed E-state index contributed by atoms with van der Waals surface area (Å²) in [6.45, 7) is 1.52. The SMILES string of the molecule is CC(O)c1onc(-c2ccc(F)cc2)c1C(=O)NC1CCCCC1. The highest BCUT2D eigenvalue weighted by molar-refractivity contribution is 6.01. The average Bonchev–Trinajstić information content (AvgIpc) is 3.02.